The number of carbonyl (C=O) groups excluding carboxylic acids is 1. The molecule has 2 rings (SSSR count). The number of nitrogens with zero attached hydrogens (tertiary/aromatic N) is 3. The van der Waals surface area contributed by atoms with Crippen molar-refractivity contribution in [3.8, 4) is 0 Å². The molecular weight excluding hydrogens is 248 g/mol. The van der Waals surface area contributed by atoms with Crippen LogP contribution in [0.25, 0.3) is 11.0 Å². The van der Waals surface area contributed by atoms with E-state index in [1.165, 1.54) is 4.90 Å². The van der Waals surface area contributed by atoms with Gasteiger partial charge in [-0.1, -0.05) is 0 Å². The standard InChI is InChI=1S/C12H14N4O3/c1-2-16(6-5-11(17)18)12(19)8-3-4-9-10(7-8)14-15-13-9/h3-4,7H,2,5-6H2,1H3,(H,17,18)(H,13,14,15). The Morgan fingerprint density at radius 1 is 1.32 bits per heavy atom. The molecule has 0 bridgehead atoms. The fourth-order valence-electron chi connectivity index (χ4n) is 1.79. The van der Waals surface area contributed by atoms with Crippen molar-refractivity contribution < 1.29 is 14.7 Å². The van der Waals surface area contributed by atoms with Gasteiger partial charge in [0.1, 0.15) is 11.0 Å². The van der Waals surface area contributed by atoms with Crippen molar-refractivity contribution in [2.45, 2.75) is 13.3 Å². The summed E-state index contributed by atoms with van der Waals surface area (Å²) < 4.78 is 0. The fourth-order valence-corrected chi connectivity index (χ4v) is 1.79. The third-order valence-electron chi connectivity index (χ3n) is 2.83. The van der Waals surface area contributed by atoms with Crippen LogP contribution in [0.5, 0.6) is 0 Å². The first kappa shape index (κ1) is 13.0. The van der Waals surface area contributed by atoms with Gasteiger partial charge in [-0.2, -0.15) is 15.4 Å². The average molecular weight is 262 g/mol. The molecule has 0 radical (unpaired) electrons. The Kier molecular flexibility index (Phi) is 3.74. The highest BCUT2D eigenvalue weighted by Gasteiger charge is 2.16. The van der Waals surface area contributed by atoms with Crippen molar-refractivity contribution in [1.29, 1.82) is 0 Å². The van der Waals surface area contributed by atoms with E-state index >= 15 is 0 Å². The van der Waals surface area contributed by atoms with Crippen LogP contribution in [0.1, 0.15) is 23.7 Å². The number of fused-ring (bicyclic) bond motifs is 1. The Morgan fingerprint density at radius 2 is 2.05 bits per heavy atom. The highest BCUT2D eigenvalue weighted by molar-refractivity contribution is 5.97. The van der Waals surface area contributed by atoms with Crippen LogP contribution in [-0.4, -0.2) is 50.4 Å². The van der Waals surface area contributed by atoms with E-state index in [1.54, 1.807) is 18.2 Å². The molecule has 19 heavy (non-hydrogen) atoms. The maximum Gasteiger partial charge on any atom is 0.305 e. The molecule has 0 atom stereocenters. The lowest BCUT2D eigenvalue weighted by Crippen LogP contribution is -2.32. The molecule has 0 aliphatic heterocycles. The minimum Gasteiger partial charge on any atom is -0.481 e. The summed E-state index contributed by atoms with van der Waals surface area (Å²) in [6.07, 6.45) is -0.0637. The molecule has 1 amide bonds. The van der Waals surface area contributed by atoms with Crippen molar-refractivity contribution >= 4 is 22.9 Å². The lowest BCUT2D eigenvalue weighted by Gasteiger charge is -2.19. The molecule has 1 aromatic carbocycles. The van der Waals surface area contributed by atoms with Crippen LogP contribution < -0.4 is 0 Å². The molecule has 2 N–H and O–H groups in total. The first-order chi connectivity index (χ1) is 9.11. The summed E-state index contributed by atoms with van der Waals surface area (Å²) in [6, 6.07) is 5.01. The summed E-state index contributed by atoms with van der Waals surface area (Å²) in [5.74, 6) is -1.12. The van der Waals surface area contributed by atoms with Gasteiger partial charge in [0.25, 0.3) is 5.91 Å². The molecule has 1 heterocycles. The van der Waals surface area contributed by atoms with Gasteiger partial charge in [0.05, 0.1) is 6.42 Å². The van der Waals surface area contributed by atoms with Gasteiger partial charge in [-0.25, -0.2) is 0 Å². The third-order valence-corrected chi connectivity index (χ3v) is 2.83. The molecule has 7 heteroatoms. The molecule has 2 aromatic rings. The van der Waals surface area contributed by atoms with Crippen molar-refractivity contribution in [2.75, 3.05) is 13.1 Å². The molecule has 0 saturated carbocycles. The number of benzene rings is 1. The fraction of sp³-hybridized carbons (Fsp3) is 0.333. The van der Waals surface area contributed by atoms with E-state index in [0.29, 0.717) is 23.1 Å². The predicted molar refractivity (Wildman–Crippen MR) is 67.7 cm³/mol. The quantitative estimate of drug-likeness (QED) is 0.833. The number of nitrogens with one attached hydrogen (secondary N) is 1. The SMILES string of the molecule is CCN(CCC(=O)O)C(=O)c1ccc2n[nH]nc2c1. The zero-order valence-corrected chi connectivity index (χ0v) is 10.5. The number of rotatable bonds is 5. The van der Waals surface area contributed by atoms with Crippen LogP contribution in [-0.2, 0) is 4.79 Å². The van der Waals surface area contributed by atoms with Gasteiger partial charge in [-0.05, 0) is 25.1 Å². The van der Waals surface area contributed by atoms with Gasteiger partial charge in [0.2, 0.25) is 0 Å². The summed E-state index contributed by atoms with van der Waals surface area (Å²) in [5.41, 5.74) is 1.78. The molecule has 0 fully saturated rings. The van der Waals surface area contributed by atoms with E-state index < -0.39 is 5.97 Å². The van der Waals surface area contributed by atoms with Gasteiger partial charge in [0.15, 0.2) is 0 Å². The van der Waals surface area contributed by atoms with Crippen LogP contribution in [0.4, 0.5) is 0 Å². The molecule has 7 nitrogen and oxygen atoms in total. The van der Waals surface area contributed by atoms with Crippen LogP contribution in [0, 0.1) is 0 Å². The Bertz CT molecular complexity index is 608. The average Bonchev–Trinajstić information content (AvgIpc) is 2.85. The predicted octanol–water partition coefficient (Wildman–Crippen LogP) is 0.895. The zero-order valence-electron chi connectivity index (χ0n) is 10.5. The molecule has 0 spiro atoms. The Morgan fingerprint density at radius 3 is 2.74 bits per heavy atom. The molecule has 0 aliphatic rings. The minimum absolute atomic E-state index is 0.0637. The van der Waals surface area contributed by atoms with Crippen molar-refractivity contribution in [1.82, 2.24) is 20.3 Å². The maximum absolute atomic E-state index is 12.2. The van der Waals surface area contributed by atoms with E-state index in [9.17, 15) is 9.59 Å². The number of aromatic amines is 1. The summed E-state index contributed by atoms with van der Waals surface area (Å²) in [6.45, 7) is 2.47. The third kappa shape index (κ3) is 2.87. The zero-order chi connectivity index (χ0) is 13.8. The van der Waals surface area contributed by atoms with E-state index in [-0.39, 0.29) is 18.9 Å². The second-order valence-electron chi connectivity index (χ2n) is 4.06. The second kappa shape index (κ2) is 5.47. The number of hydrogen-bond acceptors (Lipinski definition) is 4. The largest absolute Gasteiger partial charge is 0.481 e. The summed E-state index contributed by atoms with van der Waals surface area (Å²) in [5, 5.41) is 19.0. The van der Waals surface area contributed by atoms with E-state index in [0.717, 1.165) is 0 Å². The number of amides is 1. The number of hydrogen-bond donors (Lipinski definition) is 2. The minimum atomic E-state index is -0.918. The Balaban J connectivity index is 2.18. The Labute approximate surface area is 109 Å². The molecule has 0 unspecified atom stereocenters. The monoisotopic (exact) mass is 262 g/mol. The molecule has 100 valence electrons. The first-order valence-electron chi connectivity index (χ1n) is 5.93. The lowest BCUT2D eigenvalue weighted by molar-refractivity contribution is -0.137. The van der Waals surface area contributed by atoms with E-state index in [2.05, 4.69) is 15.4 Å². The molecule has 0 saturated heterocycles. The van der Waals surface area contributed by atoms with Gasteiger partial charge in [-0.3, -0.25) is 9.59 Å². The van der Waals surface area contributed by atoms with E-state index in [4.69, 9.17) is 5.11 Å². The number of carboxylic acids is 1. The highest BCUT2D eigenvalue weighted by atomic mass is 16.4. The van der Waals surface area contributed by atoms with Crippen molar-refractivity contribution in [3.05, 3.63) is 23.8 Å². The van der Waals surface area contributed by atoms with Crippen LogP contribution in [0.15, 0.2) is 18.2 Å². The van der Waals surface area contributed by atoms with Crippen LogP contribution in [0.2, 0.25) is 0 Å². The maximum atomic E-state index is 12.2. The number of aromatic nitrogens is 3. The number of carboxylic acid groups (broad SMARTS) is 1. The van der Waals surface area contributed by atoms with Gasteiger partial charge < -0.3 is 10.0 Å². The topological polar surface area (TPSA) is 99.2 Å². The second-order valence-corrected chi connectivity index (χ2v) is 4.06. The Hall–Kier alpha value is -2.44. The number of H-pyrrole nitrogens is 1. The number of aliphatic carboxylic acids is 1. The normalized spacial score (nSPS) is 10.6. The first-order valence-corrected chi connectivity index (χ1v) is 5.93. The summed E-state index contributed by atoms with van der Waals surface area (Å²) in [4.78, 5) is 24.3. The van der Waals surface area contributed by atoms with Gasteiger partial charge in [-0.15, -0.1) is 0 Å². The molecule has 0 aliphatic carbocycles. The smallest absolute Gasteiger partial charge is 0.305 e. The number of carbonyl (C=O) groups is 2. The van der Waals surface area contributed by atoms with Crippen molar-refractivity contribution in [3.63, 3.8) is 0 Å². The summed E-state index contributed by atoms with van der Waals surface area (Å²) >= 11 is 0. The van der Waals surface area contributed by atoms with Crippen molar-refractivity contribution in [2.24, 2.45) is 0 Å². The molecule has 1 aromatic heterocycles. The van der Waals surface area contributed by atoms with E-state index in [1.807, 2.05) is 6.92 Å². The molecular formula is C12H14N4O3. The van der Waals surface area contributed by atoms with Gasteiger partial charge >= 0.3 is 5.97 Å². The van der Waals surface area contributed by atoms with Crippen LogP contribution >= 0.6 is 0 Å². The summed E-state index contributed by atoms with van der Waals surface area (Å²) in [7, 11) is 0. The highest BCUT2D eigenvalue weighted by Crippen LogP contribution is 2.13. The lowest BCUT2D eigenvalue weighted by atomic mass is 10.1. The van der Waals surface area contributed by atoms with Crippen LogP contribution in [0.3, 0.4) is 0 Å². The van der Waals surface area contributed by atoms with Gasteiger partial charge in [0, 0.05) is 18.7 Å².